The van der Waals surface area contributed by atoms with Crippen LogP contribution in [-0.4, -0.2) is 54.5 Å². The number of hydrogen-bond donors (Lipinski definition) is 4. The third kappa shape index (κ3) is 3.99. The van der Waals surface area contributed by atoms with Crippen LogP contribution >= 0.6 is 0 Å². The van der Waals surface area contributed by atoms with E-state index in [4.69, 9.17) is 11.5 Å². The van der Waals surface area contributed by atoms with Crippen molar-refractivity contribution in [1.29, 1.82) is 0 Å². The molecule has 0 heterocycles. The minimum absolute atomic E-state index is 0.283. The Kier molecular flexibility index (Phi) is 7.10. The van der Waals surface area contributed by atoms with Gasteiger partial charge in [-0.1, -0.05) is 6.92 Å². The lowest BCUT2D eigenvalue weighted by molar-refractivity contribution is -0.0317. The predicted molar refractivity (Wildman–Crippen MR) is 68.0 cm³/mol. The molecule has 0 aromatic rings. The standard InChI is InChI=1S/C11H28N4O/c1-5-10(16)11(13,8-14-7-6-12)15(4)9(2)3/h9-10,14,16H,5-8,12-13H2,1-4H3. The van der Waals surface area contributed by atoms with E-state index in [0.717, 1.165) is 0 Å². The molecular weight excluding hydrogens is 204 g/mol. The summed E-state index contributed by atoms with van der Waals surface area (Å²) in [7, 11) is 1.94. The van der Waals surface area contributed by atoms with Crippen molar-refractivity contribution in [3.05, 3.63) is 0 Å². The molecule has 5 heteroatoms. The summed E-state index contributed by atoms with van der Waals surface area (Å²) in [5, 5.41) is 13.2. The number of aliphatic hydroxyl groups is 1. The smallest absolute Gasteiger partial charge is 0.108 e. The fraction of sp³-hybridized carbons (Fsp3) is 1.00. The second kappa shape index (κ2) is 7.19. The van der Waals surface area contributed by atoms with Gasteiger partial charge in [0.15, 0.2) is 0 Å². The highest BCUT2D eigenvalue weighted by atomic mass is 16.3. The Morgan fingerprint density at radius 3 is 2.38 bits per heavy atom. The maximum atomic E-state index is 10.1. The minimum Gasteiger partial charge on any atom is -0.390 e. The van der Waals surface area contributed by atoms with Gasteiger partial charge in [0.2, 0.25) is 0 Å². The van der Waals surface area contributed by atoms with Crippen molar-refractivity contribution < 1.29 is 5.11 Å². The Hall–Kier alpha value is -0.200. The molecule has 0 saturated carbocycles. The van der Waals surface area contributed by atoms with Crippen LogP contribution in [0.15, 0.2) is 0 Å². The molecular formula is C11H28N4O. The van der Waals surface area contributed by atoms with Crippen LogP contribution in [0.2, 0.25) is 0 Å². The van der Waals surface area contributed by atoms with Gasteiger partial charge in [0.05, 0.1) is 6.10 Å². The number of nitrogens with zero attached hydrogens (tertiary/aromatic N) is 1. The first-order valence-electron chi connectivity index (χ1n) is 6.00. The van der Waals surface area contributed by atoms with Gasteiger partial charge in [-0.25, -0.2) is 0 Å². The number of nitrogens with two attached hydrogens (primary N) is 2. The second-order valence-corrected chi connectivity index (χ2v) is 4.59. The monoisotopic (exact) mass is 232 g/mol. The van der Waals surface area contributed by atoms with E-state index in [9.17, 15) is 5.11 Å². The molecule has 0 aromatic heterocycles. The van der Waals surface area contributed by atoms with Gasteiger partial charge < -0.3 is 21.9 Å². The third-order valence-electron chi connectivity index (χ3n) is 3.12. The van der Waals surface area contributed by atoms with E-state index >= 15 is 0 Å². The number of aliphatic hydroxyl groups excluding tert-OH is 1. The SMILES string of the molecule is CCC(O)C(N)(CNCCN)N(C)C(C)C. The van der Waals surface area contributed by atoms with E-state index < -0.39 is 11.8 Å². The van der Waals surface area contributed by atoms with Gasteiger partial charge in [-0.3, -0.25) is 4.90 Å². The fourth-order valence-electron chi connectivity index (χ4n) is 1.70. The van der Waals surface area contributed by atoms with Crippen molar-refractivity contribution in [1.82, 2.24) is 10.2 Å². The van der Waals surface area contributed by atoms with Crippen molar-refractivity contribution in [3.8, 4) is 0 Å². The van der Waals surface area contributed by atoms with Crippen LogP contribution in [0.25, 0.3) is 0 Å². The average Bonchev–Trinajstić information content (AvgIpc) is 2.26. The lowest BCUT2D eigenvalue weighted by Crippen LogP contribution is -2.68. The zero-order valence-electron chi connectivity index (χ0n) is 11.0. The van der Waals surface area contributed by atoms with Gasteiger partial charge in [-0.15, -0.1) is 0 Å². The van der Waals surface area contributed by atoms with E-state index in [1.165, 1.54) is 0 Å². The Bertz CT molecular complexity index is 189. The molecule has 0 aliphatic rings. The maximum Gasteiger partial charge on any atom is 0.108 e. The molecule has 16 heavy (non-hydrogen) atoms. The minimum atomic E-state index is -0.738. The predicted octanol–water partition coefficient (Wildman–Crippen LogP) is -0.699. The first-order chi connectivity index (χ1) is 7.40. The molecule has 2 atom stereocenters. The van der Waals surface area contributed by atoms with Crippen molar-refractivity contribution >= 4 is 0 Å². The fourth-order valence-corrected chi connectivity index (χ4v) is 1.70. The van der Waals surface area contributed by atoms with Crippen LogP contribution < -0.4 is 16.8 Å². The molecule has 0 rings (SSSR count). The van der Waals surface area contributed by atoms with E-state index in [-0.39, 0.29) is 6.04 Å². The first-order valence-corrected chi connectivity index (χ1v) is 6.00. The van der Waals surface area contributed by atoms with Crippen LogP contribution in [0.3, 0.4) is 0 Å². The van der Waals surface area contributed by atoms with Crippen LogP contribution in [0.1, 0.15) is 27.2 Å². The van der Waals surface area contributed by atoms with Crippen LogP contribution in [-0.2, 0) is 0 Å². The zero-order chi connectivity index (χ0) is 12.8. The highest BCUT2D eigenvalue weighted by Gasteiger charge is 2.37. The Balaban J connectivity index is 4.60. The molecule has 0 aliphatic heterocycles. The normalized spacial score (nSPS) is 17.8. The van der Waals surface area contributed by atoms with E-state index in [2.05, 4.69) is 19.2 Å². The summed E-state index contributed by atoms with van der Waals surface area (Å²) >= 11 is 0. The van der Waals surface area contributed by atoms with Crippen molar-refractivity contribution in [2.45, 2.75) is 45.0 Å². The molecule has 98 valence electrons. The summed E-state index contributed by atoms with van der Waals surface area (Å²) in [6.07, 6.45) is 0.0860. The molecule has 0 spiro atoms. The third-order valence-corrected chi connectivity index (χ3v) is 3.12. The summed E-state index contributed by atoms with van der Waals surface area (Å²) in [5.41, 5.74) is 11.0. The summed E-state index contributed by atoms with van der Waals surface area (Å²) in [5.74, 6) is 0. The molecule has 6 N–H and O–H groups in total. The first kappa shape index (κ1) is 15.8. The maximum absolute atomic E-state index is 10.1. The molecule has 0 amide bonds. The van der Waals surface area contributed by atoms with Crippen LogP contribution in [0, 0.1) is 0 Å². The van der Waals surface area contributed by atoms with Crippen molar-refractivity contribution in [3.63, 3.8) is 0 Å². The van der Waals surface area contributed by atoms with E-state index in [1.54, 1.807) is 0 Å². The molecule has 0 fully saturated rings. The lowest BCUT2D eigenvalue weighted by atomic mass is 9.98. The van der Waals surface area contributed by atoms with E-state index in [1.807, 2.05) is 18.9 Å². The number of likely N-dealkylation sites (N-methyl/N-ethyl adjacent to an activating group) is 1. The molecule has 0 aromatic carbocycles. The summed E-state index contributed by atoms with van der Waals surface area (Å²) in [6.45, 7) is 7.88. The average molecular weight is 232 g/mol. The molecule has 0 aliphatic carbocycles. The number of hydrogen-bond acceptors (Lipinski definition) is 5. The summed E-state index contributed by atoms with van der Waals surface area (Å²) < 4.78 is 0. The van der Waals surface area contributed by atoms with Crippen LogP contribution in [0.5, 0.6) is 0 Å². The largest absolute Gasteiger partial charge is 0.390 e. The van der Waals surface area contributed by atoms with Gasteiger partial charge in [0.1, 0.15) is 5.66 Å². The Morgan fingerprint density at radius 1 is 1.44 bits per heavy atom. The molecule has 0 radical (unpaired) electrons. The lowest BCUT2D eigenvalue weighted by Gasteiger charge is -2.44. The van der Waals surface area contributed by atoms with Gasteiger partial charge in [-0.05, 0) is 27.3 Å². The van der Waals surface area contributed by atoms with Crippen molar-refractivity contribution in [2.24, 2.45) is 11.5 Å². The number of nitrogens with one attached hydrogen (secondary N) is 1. The summed E-state index contributed by atoms with van der Waals surface area (Å²) in [4.78, 5) is 2.00. The molecule has 0 saturated heterocycles. The quantitative estimate of drug-likeness (QED) is 0.328. The van der Waals surface area contributed by atoms with Gasteiger partial charge in [0, 0.05) is 25.7 Å². The zero-order valence-corrected chi connectivity index (χ0v) is 11.0. The Morgan fingerprint density at radius 2 is 2.00 bits per heavy atom. The molecule has 0 bridgehead atoms. The second-order valence-electron chi connectivity index (χ2n) is 4.59. The van der Waals surface area contributed by atoms with Gasteiger partial charge in [-0.2, -0.15) is 0 Å². The van der Waals surface area contributed by atoms with Gasteiger partial charge in [0.25, 0.3) is 0 Å². The van der Waals surface area contributed by atoms with Crippen LogP contribution in [0.4, 0.5) is 0 Å². The van der Waals surface area contributed by atoms with Crippen molar-refractivity contribution in [2.75, 3.05) is 26.7 Å². The highest BCUT2D eigenvalue weighted by Crippen LogP contribution is 2.16. The summed E-state index contributed by atoms with van der Waals surface area (Å²) in [6, 6.07) is 0.283. The van der Waals surface area contributed by atoms with Gasteiger partial charge >= 0.3 is 0 Å². The molecule has 2 unspecified atom stereocenters. The van der Waals surface area contributed by atoms with E-state index in [0.29, 0.717) is 26.1 Å². The highest BCUT2D eigenvalue weighted by molar-refractivity contribution is 4.93. The topological polar surface area (TPSA) is 87.5 Å². The Labute approximate surface area is 99.2 Å². The number of rotatable bonds is 8. The molecule has 5 nitrogen and oxygen atoms in total.